The summed E-state index contributed by atoms with van der Waals surface area (Å²) in [6.45, 7) is 9.14. The topological polar surface area (TPSA) is 35.6 Å². The van der Waals surface area contributed by atoms with Gasteiger partial charge >= 0.3 is 0 Å². The van der Waals surface area contributed by atoms with E-state index in [0.717, 1.165) is 62.6 Å². The maximum absolute atomic E-state index is 13.2. The molecule has 2 aromatic rings. The molecule has 0 bridgehead atoms. The third kappa shape index (κ3) is 5.89. The molecule has 1 N–H and O–H groups in total. The summed E-state index contributed by atoms with van der Waals surface area (Å²) >= 11 is 0. The summed E-state index contributed by atoms with van der Waals surface area (Å²) in [6.07, 6.45) is 4.51. The average Bonchev–Trinajstić information content (AvgIpc) is 2.81. The second-order valence-corrected chi connectivity index (χ2v) is 9.72. The van der Waals surface area contributed by atoms with E-state index in [2.05, 4.69) is 53.2 Å². The maximum Gasteiger partial charge on any atom is 0.224 e. The summed E-state index contributed by atoms with van der Waals surface area (Å²) in [5, 5.41) is 3.24. The molecule has 2 aromatic carbocycles. The highest BCUT2D eigenvalue weighted by atomic mass is 19.1. The average molecular weight is 438 g/mol. The number of benzene rings is 2. The van der Waals surface area contributed by atoms with Gasteiger partial charge in [-0.15, -0.1) is 0 Å². The highest BCUT2D eigenvalue weighted by Gasteiger charge is 2.27. The summed E-state index contributed by atoms with van der Waals surface area (Å²) in [4.78, 5) is 17.8. The van der Waals surface area contributed by atoms with Crippen molar-refractivity contribution in [2.24, 2.45) is 11.8 Å². The van der Waals surface area contributed by atoms with Crippen LogP contribution in [-0.4, -0.2) is 37.0 Å². The highest BCUT2D eigenvalue weighted by molar-refractivity contribution is 5.79. The highest BCUT2D eigenvalue weighted by Crippen LogP contribution is 2.25. The molecule has 4 rings (SSSR count). The minimum atomic E-state index is -0.211. The largest absolute Gasteiger partial charge is 0.371 e. The number of anilines is 1. The Morgan fingerprint density at radius 1 is 1.03 bits per heavy atom. The first-order valence-electron chi connectivity index (χ1n) is 12.1. The van der Waals surface area contributed by atoms with Gasteiger partial charge in [-0.1, -0.05) is 31.2 Å². The maximum atomic E-state index is 13.2. The molecule has 3 atom stereocenters. The van der Waals surface area contributed by atoms with Gasteiger partial charge in [0.2, 0.25) is 5.91 Å². The molecule has 4 nitrogen and oxygen atoms in total. The van der Waals surface area contributed by atoms with Gasteiger partial charge in [0.05, 0.1) is 12.0 Å². The van der Waals surface area contributed by atoms with Crippen LogP contribution in [0.1, 0.15) is 56.7 Å². The standard InChI is InChI=1S/C27H36FN3O/c1-20-5-3-16-31(17-20)26-13-9-23(10-14-26)21(2)29-27(32)24-6-4-15-30(19-24)18-22-7-11-25(28)12-8-22/h7-14,20-21,24H,3-6,15-19H2,1-2H3,(H,29,32). The van der Waals surface area contributed by atoms with Gasteiger partial charge < -0.3 is 10.2 Å². The number of carbonyl (C=O) groups is 1. The van der Waals surface area contributed by atoms with E-state index in [1.165, 1.54) is 30.7 Å². The van der Waals surface area contributed by atoms with E-state index < -0.39 is 0 Å². The van der Waals surface area contributed by atoms with Crippen LogP contribution in [0.25, 0.3) is 0 Å². The van der Waals surface area contributed by atoms with Crippen LogP contribution >= 0.6 is 0 Å². The molecule has 2 fully saturated rings. The second kappa shape index (κ2) is 10.5. The molecule has 0 aromatic heterocycles. The van der Waals surface area contributed by atoms with E-state index in [0.29, 0.717) is 0 Å². The predicted molar refractivity (Wildman–Crippen MR) is 128 cm³/mol. The first-order chi connectivity index (χ1) is 15.5. The minimum Gasteiger partial charge on any atom is -0.371 e. The molecule has 32 heavy (non-hydrogen) atoms. The summed E-state index contributed by atoms with van der Waals surface area (Å²) in [6, 6.07) is 15.4. The van der Waals surface area contributed by atoms with Gasteiger partial charge in [0, 0.05) is 31.9 Å². The van der Waals surface area contributed by atoms with E-state index >= 15 is 0 Å². The lowest BCUT2D eigenvalue weighted by molar-refractivity contribution is -0.127. The molecular formula is C27H36FN3O. The number of hydrogen-bond acceptors (Lipinski definition) is 3. The Hall–Kier alpha value is -2.40. The number of amides is 1. The Morgan fingerprint density at radius 2 is 1.75 bits per heavy atom. The Balaban J connectivity index is 1.30. The van der Waals surface area contributed by atoms with E-state index in [9.17, 15) is 9.18 Å². The van der Waals surface area contributed by atoms with E-state index in [1.54, 1.807) is 0 Å². The fourth-order valence-electron chi connectivity index (χ4n) is 5.07. The minimum absolute atomic E-state index is 0.000703. The number of nitrogens with one attached hydrogen (secondary N) is 1. The van der Waals surface area contributed by atoms with Crippen LogP contribution < -0.4 is 10.2 Å². The normalized spacial score (nSPS) is 23.0. The molecule has 3 unspecified atom stereocenters. The number of piperidine rings is 2. The zero-order valence-electron chi connectivity index (χ0n) is 19.4. The number of nitrogens with zero attached hydrogens (tertiary/aromatic N) is 2. The molecule has 1 amide bonds. The zero-order valence-corrected chi connectivity index (χ0v) is 19.4. The number of halogens is 1. The third-order valence-corrected chi connectivity index (χ3v) is 6.97. The third-order valence-electron chi connectivity index (χ3n) is 6.97. The molecular weight excluding hydrogens is 401 g/mol. The van der Waals surface area contributed by atoms with Crippen LogP contribution in [0.2, 0.25) is 0 Å². The monoisotopic (exact) mass is 437 g/mol. The van der Waals surface area contributed by atoms with Crippen molar-refractivity contribution >= 4 is 11.6 Å². The van der Waals surface area contributed by atoms with Crippen LogP contribution in [0.15, 0.2) is 48.5 Å². The molecule has 2 saturated heterocycles. The van der Waals surface area contributed by atoms with E-state index in [4.69, 9.17) is 0 Å². The number of rotatable bonds is 6. The van der Waals surface area contributed by atoms with Crippen LogP contribution in [-0.2, 0) is 11.3 Å². The molecule has 0 saturated carbocycles. The Kier molecular flexibility index (Phi) is 7.46. The lowest BCUT2D eigenvalue weighted by atomic mass is 9.95. The molecule has 2 aliphatic rings. The van der Waals surface area contributed by atoms with Crippen molar-refractivity contribution < 1.29 is 9.18 Å². The number of hydrogen-bond donors (Lipinski definition) is 1. The van der Waals surface area contributed by atoms with Gasteiger partial charge in [0.1, 0.15) is 5.82 Å². The number of likely N-dealkylation sites (tertiary alicyclic amines) is 1. The van der Waals surface area contributed by atoms with Crippen molar-refractivity contribution in [1.82, 2.24) is 10.2 Å². The van der Waals surface area contributed by atoms with Crippen molar-refractivity contribution in [2.45, 2.75) is 52.1 Å². The SMILES string of the molecule is CC1CCCN(c2ccc(C(C)NC(=O)C3CCCN(Cc4ccc(F)cc4)C3)cc2)C1. The van der Waals surface area contributed by atoms with Gasteiger partial charge in [0.15, 0.2) is 0 Å². The first kappa shape index (κ1) is 22.8. The van der Waals surface area contributed by atoms with Crippen LogP contribution in [0.5, 0.6) is 0 Å². The summed E-state index contributed by atoms with van der Waals surface area (Å²) in [5.41, 5.74) is 3.51. The molecule has 0 radical (unpaired) electrons. The van der Waals surface area contributed by atoms with Gasteiger partial charge in [-0.25, -0.2) is 4.39 Å². The Morgan fingerprint density at radius 3 is 2.47 bits per heavy atom. The van der Waals surface area contributed by atoms with Crippen LogP contribution in [0.3, 0.4) is 0 Å². The van der Waals surface area contributed by atoms with Crippen molar-refractivity contribution in [3.63, 3.8) is 0 Å². The predicted octanol–water partition coefficient (Wildman–Crippen LogP) is 5.15. The van der Waals surface area contributed by atoms with E-state index in [-0.39, 0.29) is 23.7 Å². The van der Waals surface area contributed by atoms with Crippen LogP contribution in [0.4, 0.5) is 10.1 Å². The smallest absolute Gasteiger partial charge is 0.224 e. The fraction of sp³-hybridized carbons (Fsp3) is 0.519. The molecule has 0 spiro atoms. The van der Waals surface area contributed by atoms with Crippen molar-refractivity contribution in [3.05, 3.63) is 65.5 Å². The molecule has 2 aliphatic heterocycles. The molecule has 5 heteroatoms. The van der Waals surface area contributed by atoms with Crippen molar-refractivity contribution in [1.29, 1.82) is 0 Å². The van der Waals surface area contributed by atoms with Crippen molar-refractivity contribution in [2.75, 3.05) is 31.1 Å². The fourth-order valence-corrected chi connectivity index (χ4v) is 5.07. The molecule has 2 heterocycles. The first-order valence-corrected chi connectivity index (χ1v) is 12.1. The quantitative estimate of drug-likeness (QED) is 0.679. The molecule has 0 aliphatic carbocycles. The van der Waals surface area contributed by atoms with Crippen molar-refractivity contribution in [3.8, 4) is 0 Å². The summed E-state index contributed by atoms with van der Waals surface area (Å²) in [5.74, 6) is 0.674. The lowest BCUT2D eigenvalue weighted by Crippen LogP contribution is -2.43. The van der Waals surface area contributed by atoms with Gasteiger partial charge in [-0.3, -0.25) is 9.69 Å². The van der Waals surface area contributed by atoms with Gasteiger partial charge in [-0.05, 0) is 80.5 Å². The summed E-state index contributed by atoms with van der Waals surface area (Å²) in [7, 11) is 0. The zero-order chi connectivity index (χ0) is 22.5. The van der Waals surface area contributed by atoms with Crippen LogP contribution in [0, 0.1) is 17.7 Å². The van der Waals surface area contributed by atoms with Gasteiger partial charge in [0.25, 0.3) is 0 Å². The Bertz CT molecular complexity index is 883. The Labute approximate surface area is 191 Å². The second-order valence-electron chi connectivity index (χ2n) is 9.72. The summed E-state index contributed by atoms with van der Waals surface area (Å²) < 4.78 is 13.2. The van der Waals surface area contributed by atoms with Gasteiger partial charge in [-0.2, -0.15) is 0 Å². The number of carbonyl (C=O) groups excluding carboxylic acids is 1. The molecule has 172 valence electrons. The van der Waals surface area contributed by atoms with E-state index in [1.807, 2.05) is 12.1 Å². The lowest BCUT2D eigenvalue weighted by Gasteiger charge is -2.33.